The Kier molecular flexibility index (Phi) is 8.38. The molecular formula is C25H26N2O8S. The molecule has 0 unspecified atom stereocenters. The van der Waals surface area contributed by atoms with E-state index in [1.807, 2.05) is 13.0 Å². The summed E-state index contributed by atoms with van der Waals surface area (Å²) in [6.07, 6.45) is 0. The van der Waals surface area contributed by atoms with Crippen LogP contribution in [0.1, 0.15) is 15.9 Å². The Morgan fingerprint density at radius 2 is 1.56 bits per heavy atom. The minimum atomic E-state index is -3.80. The first kappa shape index (κ1) is 26.4. The van der Waals surface area contributed by atoms with Crippen LogP contribution in [0, 0.1) is 6.92 Å². The zero-order valence-corrected chi connectivity index (χ0v) is 21.0. The molecule has 0 radical (unpaired) electrons. The lowest BCUT2D eigenvalue weighted by atomic mass is 10.1. The van der Waals surface area contributed by atoms with E-state index in [0.717, 1.165) is 5.56 Å². The summed E-state index contributed by atoms with van der Waals surface area (Å²) in [6.45, 7) is 1.46. The summed E-state index contributed by atoms with van der Waals surface area (Å²) >= 11 is 0. The maximum Gasteiger partial charge on any atom is 0.340 e. The molecule has 190 valence electrons. The Balaban J connectivity index is 1.67. The first-order valence-corrected chi connectivity index (χ1v) is 12.1. The summed E-state index contributed by atoms with van der Waals surface area (Å²) in [5, 5.41) is 2.58. The molecule has 0 saturated carbocycles. The fourth-order valence-electron chi connectivity index (χ4n) is 3.23. The third-order valence-electron chi connectivity index (χ3n) is 4.98. The number of benzene rings is 3. The molecule has 3 aromatic rings. The Bertz CT molecular complexity index is 1350. The van der Waals surface area contributed by atoms with Crippen LogP contribution in [0.5, 0.6) is 17.2 Å². The van der Waals surface area contributed by atoms with Crippen molar-refractivity contribution in [1.82, 2.24) is 0 Å². The Hall–Kier alpha value is -4.25. The third kappa shape index (κ3) is 6.45. The number of aryl methyl sites for hydroxylation is 1. The van der Waals surface area contributed by atoms with Gasteiger partial charge in [-0.1, -0.05) is 12.1 Å². The van der Waals surface area contributed by atoms with Gasteiger partial charge in [0.05, 0.1) is 37.5 Å². The molecular weight excluding hydrogens is 488 g/mol. The lowest BCUT2D eigenvalue weighted by Crippen LogP contribution is -2.22. The molecule has 0 saturated heterocycles. The summed E-state index contributed by atoms with van der Waals surface area (Å²) in [5.74, 6) is -0.370. The molecule has 0 fully saturated rings. The molecule has 0 aliphatic rings. The average molecular weight is 515 g/mol. The van der Waals surface area contributed by atoms with Gasteiger partial charge in [0.15, 0.2) is 18.1 Å². The van der Waals surface area contributed by atoms with Crippen LogP contribution in [0.15, 0.2) is 65.6 Å². The van der Waals surface area contributed by atoms with E-state index in [0.29, 0.717) is 17.2 Å². The van der Waals surface area contributed by atoms with Crippen LogP contribution in [0.25, 0.3) is 0 Å². The number of carbonyl (C=O) groups is 2. The highest BCUT2D eigenvalue weighted by Gasteiger charge is 2.20. The summed E-state index contributed by atoms with van der Waals surface area (Å²) < 4.78 is 48.4. The van der Waals surface area contributed by atoms with Crippen molar-refractivity contribution in [1.29, 1.82) is 0 Å². The van der Waals surface area contributed by atoms with E-state index < -0.39 is 28.5 Å². The minimum absolute atomic E-state index is 0.0360. The molecule has 0 aromatic heterocycles. The standard InChI is InChI=1S/C25H26N2O8S/c1-16-6-5-7-17(12-16)27-36(30,31)19-10-8-18(9-11-19)35-15-24(28)26-21-14-23(33-3)22(32-2)13-20(21)25(29)34-4/h5-14,27H,15H2,1-4H3,(H,26,28). The molecule has 0 heterocycles. The molecule has 36 heavy (non-hydrogen) atoms. The Labute approximate surface area is 209 Å². The number of rotatable bonds is 10. The number of nitrogens with one attached hydrogen (secondary N) is 2. The Morgan fingerprint density at radius 1 is 0.889 bits per heavy atom. The molecule has 3 rings (SSSR count). The van der Waals surface area contributed by atoms with Gasteiger partial charge in [-0.25, -0.2) is 13.2 Å². The quantitative estimate of drug-likeness (QED) is 0.393. The van der Waals surface area contributed by atoms with E-state index in [1.54, 1.807) is 18.2 Å². The van der Waals surface area contributed by atoms with Gasteiger partial charge >= 0.3 is 5.97 Å². The van der Waals surface area contributed by atoms with Crippen molar-refractivity contribution in [2.24, 2.45) is 0 Å². The summed E-state index contributed by atoms with van der Waals surface area (Å²) in [6, 6.07) is 15.4. The van der Waals surface area contributed by atoms with Gasteiger partial charge in [-0.3, -0.25) is 9.52 Å². The molecule has 0 aliphatic carbocycles. The summed E-state index contributed by atoms with van der Waals surface area (Å²) in [4.78, 5) is 24.7. The number of methoxy groups -OCH3 is 3. The number of hydrogen-bond acceptors (Lipinski definition) is 8. The molecule has 0 bridgehead atoms. The third-order valence-corrected chi connectivity index (χ3v) is 6.37. The fourth-order valence-corrected chi connectivity index (χ4v) is 4.28. The summed E-state index contributed by atoms with van der Waals surface area (Å²) in [7, 11) is 0.257. The molecule has 10 nitrogen and oxygen atoms in total. The highest BCUT2D eigenvalue weighted by Crippen LogP contribution is 2.33. The predicted molar refractivity (Wildman–Crippen MR) is 133 cm³/mol. The number of hydrogen-bond donors (Lipinski definition) is 2. The minimum Gasteiger partial charge on any atom is -0.493 e. The monoisotopic (exact) mass is 514 g/mol. The van der Waals surface area contributed by atoms with Gasteiger partial charge in [0, 0.05) is 17.8 Å². The van der Waals surface area contributed by atoms with Crippen LogP contribution in [0.2, 0.25) is 0 Å². The van der Waals surface area contributed by atoms with Crippen molar-refractivity contribution in [2.75, 3.05) is 38.0 Å². The number of anilines is 2. The van der Waals surface area contributed by atoms with Gasteiger partial charge in [-0.05, 0) is 48.9 Å². The topological polar surface area (TPSA) is 129 Å². The van der Waals surface area contributed by atoms with Crippen molar-refractivity contribution in [3.8, 4) is 17.2 Å². The van der Waals surface area contributed by atoms with E-state index in [1.165, 1.54) is 57.7 Å². The number of ether oxygens (including phenoxy) is 4. The molecule has 0 spiro atoms. The molecule has 2 N–H and O–H groups in total. The van der Waals surface area contributed by atoms with Crippen molar-refractivity contribution >= 4 is 33.3 Å². The van der Waals surface area contributed by atoms with Gasteiger partial charge in [-0.15, -0.1) is 0 Å². The van der Waals surface area contributed by atoms with Crippen LogP contribution in [-0.2, 0) is 19.6 Å². The van der Waals surface area contributed by atoms with Gasteiger partial charge in [0.2, 0.25) is 0 Å². The SMILES string of the molecule is COC(=O)c1cc(OC)c(OC)cc1NC(=O)COc1ccc(S(=O)(=O)Nc2cccc(C)c2)cc1. The van der Waals surface area contributed by atoms with Crippen molar-refractivity contribution in [3.05, 3.63) is 71.8 Å². The molecule has 1 amide bonds. The van der Waals surface area contributed by atoms with E-state index in [-0.39, 0.29) is 21.9 Å². The normalized spacial score (nSPS) is 10.8. The smallest absolute Gasteiger partial charge is 0.340 e. The first-order valence-electron chi connectivity index (χ1n) is 10.6. The highest BCUT2D eigenvalue weighted by atomic mass is 32.2. The lowest BCUT2D eigenvalue weighted by molar-refractivity contribution is -0.118. The highest BCUT2D eigenvalue weighted by molar-refractivity contribution is 7.92. The number of esters is 1. The van der Waals surface area contributed by atoms with E-state index in [4.69, 9.17) is 18.9 Å². The average Bonchev–Trinajstić information content (AvgIpc) is 2.86. The lowest BCUT2D eigenvalue weighted by Gasteiger charge is -2.15. The van der Waals surface area contributed by atoms with Crippen LogP contribution in [0.4, 0.5) is 11.4 Å². The van der Waals surface area contributed by atoms with Gasteiger partial charge in [0.1, 0.15) is 5.75 Å². The molecule has 3 aromatic carbocycles. The maximum absolute atomic E-state index is 12.6. The molecule has 11 heteroatoms. The van der Waals surface area contributed by atoms with Crippen LogP contribution < -0.4 is 24.2 Å². The second kappa shape index (κ2) is 11.5. The number of carbonyl (C=O) groups excluding carboxylic acids is 2. The van der Waals surface area contributed by atoms with Gasteiger partial charge < -0.3 is 24.3 Å². The fraction of sp³-hybridized carbons (Fsp3) is 0.200. The predicted octanol–water partition coefficient (Wildman–Crippen LogP) is 3.62. The van der Waals surface area contributed by atoms with Crippen LogP contribution in [-0.4, -0.2) is 48.2 Å². The number of amides is 1. The largest absolute Gasteiger partial charge is 0.493 e. The van der Waals surface area contributed by atoms with E-state index in [2.05, 4.69) is 10.0 Å². The maximum atomic E-state index is 12.6. The molecule has 0 aliphatic heterocycles. The zero-order valence-electron chi connectivity index (χ0n) is 20.2. The van der Waals surface area contributed by atoms with Gasteiger partial charge in [-0.2, -0.15) is 0 Å². The van der Waals surface area contributed by atoms with Gasteiger partial charge in [0.25, 0.3) is 15.9 Å². The molecule has 0 atom stereocenters. The van der Waals surface area contributed by atoms with E-state index >= 15 is 0 Å². The van der Waals surface area contributed by atoms with Crippen molar-refractivity contribution in [2.45, 2.75) is 11.8 Å². The van der Waals surface area contributed by atoms with Crippen LogP contribution >= 0.6 is 0 Å². The Morgan fingerprint density at radius 3 is 2.17 bits per heavy atom. The first-order chi connectivity index (χ1) is 17.2. The van der Waals surface area contributed by atoms with Crippen molar-refractivity contribution < 1.29 is 37.0 Å². The second-order valence-corrected chi connectivity index (χ2v) is 9.21. The second-order valence-electron chi connectivity index (χ2n) is 7.53. The van der Waals surface area contributed by atoms with Crippen LogP contribution in [0.3, 0.4) is 0 Å². The zero-order chi connectivity index (χ0) is 26.3. The van der Waals surface area contributed by atoms with E-state index in [9.17, 15) is 18.0 Å². The van der Waals surface area contributed by atoms with Crippen molar-refractivity contribution in [3.63, 3.8) is 0 Å². The number of sulfonamides is 1. The summed E-state index contributed by atoms with van der Waals surface area (Å²) in [5.41, 5.74) is 1.59.